The first-order valence-electron chi connectivity index (χ1n) is 28.2. The van der Waals surface area contributed by atoms with E-state index in [0.29, 0.717) is 23.9 Å². The third-order valence-electron chi connectivity index (χ3n) is 12.4. The summed E-state index contributed by atoms with van der Waals surface area (Å²) in [7, 11) is 1.48. The zero-order valence-corrected chi connectivity index (χ0v) is 45.5. The van der Waals surface area contributed by atoms with Gasteiger partial charge in [-0.1, -0.05) is 243 Å². The first kappa shape index (κ1) is 65.2. The number of phosphoric acid groups is 1. The summed E-state index contributed by atoms with van der Waals surface area (Å²) in [4.78, 5) is 35.6. The number of hydrogen-bond acceptors (Lipinski definition) is 7. The number of likely N-dealkylation sites (N-methyl/N-ethyl adjacent to an activating group) is 1. The zero-order chi connectivity index (χ0) is 49.2. The van der Waals surface area contributed by atoms with Gasteiger partial charge in [0, 0.05) is 12.8 Å². The van der Waals surface area contributed by atoms with Gasteiger partial charge in [-0.05, 0) is 44.9 Å². The maximum Gasteiger partial charge on any atom is 0.472 e. The van der Waals surface area contributed by atoms with Crippen molar-refractivity contribution in [1.29, 1.82) is 0 Å². The highest BCUT2D eigenvalue weighted by Crippen LogP contribution is 2.43. The van der Waals surface area contributed by atoms with E-state index < -0.39 is 26.5 Å². The van der Waals surface area contributed by atoms with Gasteiger partial charge in [-0.25, -0.2) is 4.57 Å². The lowest BCUT2D eigenvalue weighted by molar-refractivity contribution is -0.870. The Kier molecular flexibility index (Phi) is 47.9. The molecule has 0 bridgehead atoms. The van der Waals surface area contributed by atoms with Gasteiger partial charge in [-0.2, -0.15) is 0 Å². The van der Waals surface area contributed by atoms with Gasteiger partial charge >= 0.3 is 19.8 Å². The summed E-state index contributed by atoms with van der Waals surface area (Å²) in [6, 6.07) is 0. The molecule has 0 aliphatic rings. The number of hydrogen-bond donors (Lipinski definition) is 1. The summed E-state index contributed by atoms with van der Waals surface area (Å²) in [5, 5.41) is 0. The quantitative estimate of drug-likeness (QED) is 0.0211. The largest absolute Gasteiger partial charge is 0.472 e. The molecule has 0 fully saturated rings. The Morgan fingerprint density at radius 3 is 1.27 bits per heavy atom. The number of esters is 2. The number of carbonyl (C=O) groups excluding carboxylic acids is 2. The Labute approximate surface area is 414 Å². The predicted molar refractivity (Wildman–Crippen MR) is 284 cm³/mol. The molecule has 0 radical (unpaired) electrons. The van der Waals surface area contributed by atoms with E-state index in [1.54, 1.807) is 0 Å². The molecule has 394 valence electrons. The van der Waals surface area contributed by atoms with E-state index in [1.807, 2.05) is 21.1 Å². The second kappa shape index (κ2) is 49.2. The highest BCUT2D eigenvalue weighted by molar-refractivity contribution is 7.47. The predicted octanol–water partition coefficient (Wildman–Crippen LogP) is 17.2. The molecular formula is C57H109NO8P+. The number of unbranched alkanes of at least 4 members (excludes halogenated alkanes) is 32. The molecule has 0 amide bonds. The lowest BCUT2D eigenvalue weighted by atomic mass is 10.0. The fraction of sp³-hybridized carbons (Fsp3) is 0.860. The van der Waals surface area contributed by atoms with E-state index in [2.05, 4.69) is 50.3 Å². The monoisotopic (exact) mass is 967 g/mol. The number of nitrogens with zero attached hydrogens (tertiary/aromatic N) is 1. The smallest absolute Gasteiger partial charge is 0.462 e. The third-order valence-corrected chi connectivity index (χ3v) is 13.4. The van der Waals surface area contributed by atoms with Crippen LogP contribution in [0, 0.1) is 0 Å². The second-order valence-corrected chi connectivity index (χ2v) is 21.8. The molecule has 0 aliphatic carbocycles. The number of quaternary nitrogens is 1. The Morgan fingerprint density at radius 2 is 0.851 bits per heavy atom. The maximum absolute atomic E-state index is 12.8. The summed E-state index contributed by atoms with van der Waals surface area (Å²) in [6.45, 7) is 4.35. The number of ether oxygens (including phenoxy) is 2. The first-order valence-corrected chi connectivity index (χ1v) is 29.7. The van der Waals surface area contributed by atoms with Gasteiger partial charge in [0.15, 0.2) is 6.10 Å². The van der Waals surface area contributed by atoms with Crippen LogP contribution in [0.15, 0.2) is 36.5 Å². The van der Waals surface area contributed by atoms with Crippen LogP contribution in [0.1, 0.15) is 264 Å². The molecule has 0 rings (SSSR count). The van der Waals surface area contributed by atoms with Crippen molar-refractivity contribution >= 4 is 19.8 Å². The zero-order valence-electron chi connectivity index (χ0n) is 44.6. The summed E-state index contributed by atoms with van der Waals surface area (Å²) < 4.78 is 34.5. The number of allylic oxidation sites excluding steroid dienone is 6. The number of carbonyl (C=O) groups is 2. The normalized spacial score (nSPS) is 13.6. The molecule has 0 heterocycles. The fourth-order valence-electron chi connectivity index (χ4n) is 8.09. The second-order valence-electron chi connectivity index (χ2n) is 20.3. The van der Waals surface area contributed by atoms with E-state index in [9.17, 15) is 19.0 Å². The molecule has 10 heteroatoms. The van der Waals surface area contributed by atoms with E-state index in [4.69, 9.17) is 18.5 Å². The van der Waals surface area contributed by atoms with Gasteiger partial charge in [-0.15, -0.1) is 0 Å². The molecule has 2 atom stereocenters. The highest BCUT2D eigenvalue weighted by Gasteiger charge is 2.27. The van der Waals surface area contributed by atoms with Crippen LogP contribution in [0.2, 0.25) is 0 Å². The van der Waals surface area contributed by atoms with Crippen molar-refractivity contribution in [1.82, 2.24) is 0 Å². The molecule has 0 saturated carbocycles. The molecule has 0 aromatic heterocycles. The molecule has 67 heavy (non-hydrogen) atoms. The molecule has 2 unspecified atom stereocenters. The lowest BCUT2D eigenvalue weighted by Crippen LogP contribution is -2.37. The summed E-state index contributed by atoms with van der Waals surface area (Å²) in [5.41, 5.74) is 0. The van der Waals surface area contributed by atoms with Gasteiger partial charge in [0.1, 0.15) is 19.8 Å². The molecule has 9 nitrogen and oxygen atoms in total. The molecule has 0 aromatic rings. The minimum atomic E-state index is -4.38. The number of phosphoric ester groups is 1. The van der Waals surface area contributed by atoms with Crippen LogP contribution in [0.5, 0.6) is 0 Å². The summed E-state index contributed by atoms with van der Waals surface area (Å²) in [6.07, 6.45) is 59.3. The van der Waals surface area contributed by atoms with Crippen LogP contribution < -0.4 is 0 Å². The molecule has 0 aliphatic heterocycles. The van der Waals surface area contributed by atoms with Crippen molar-refractivity contribution < 1.29 is 42.1 Å². The van der Waals surface area contributed by atoms with Gasteiger partial charge in [0.05, 0.1) is 27.7 Å². The minimum Gasteiger partial charge on any atom is -0.462 e. The van der Waals surface area contributed by atoms with Gasteiger partial charge < -0.3 is 18.9 Å². The molecule has 0 spiro atoms. The fourth-order valence-corrected chi connectivity index (χ4v) is 8.83. The molecule has 1 N–H and O–H groups in total. The van der Waals surface area contributed by atoms with Gasteiger partial charge in [0.2, 0.25) is 0 Å². The SMILES string of the molecule is CC/C=C\C/C=C\C/C=C\CCCCCCCCCC(=O)OC(COC(=O)CCCCCCCCCCCCCCCCCCCCCCCCCCCC)COP(=O)(O)OCC[N+](C)(C)C. The first-order chi connectivity index (χ1) is 32.5. The van der Waals surface area contributed by atoms with Crippen LogP contribution in [0.25, 0.3) is 0 Å². The highest BCUT2D eigenvalue weighted by atomic mass is 31.2. The topological polar surface area (TPSA) is 108 Å². The standard InChI is InChI=1S/C57H108NO8P/c1-6-8-10-12-14-16-18-20-22-24-25-26-27-28-29-30-31-32-34-35-37-39-41-43-45-47-49-56(59)63-53-55(54-65-67(61,62)64-52-51-58(3,4)5)66-57(60)50-48-46-44-42-40-38-36-33-23-21-19-17-15-13-11-9-7-2/h9,11,15,17,21,23,55H,6-8,10,12-14,16,18-20,22,24-54H2,1-5H3/p+1/b11-9-,17-15-,23-21-. The van der Waals surface area contributed by atoms with E-state index in [0.717, 1.165) is 64.2 Å². The Hall–Kier alpha value is -1.77. The van der Waals surface area contributed by atoms with Crippen molar-refractivity contribution in [2.45, 2.75) is 270 Å². The minimum absolute atomic E-state index is 0.0306. The van der Waals surface area contributed by atoms with Crippen molar-refractivity contribution in [3.63, 3.8) is 0 Å². The van der Waals surface area contributed by atoms with Crippen molar-refractivity contribution in [2.24, 2.45) is 0 Å². The summed E-state index contributed by atoms with van der Waals surface area (Å²) >= 11 is 0. The van der Waals surface area contributed by atoms with Gasteiger partial charge in [-0.3, -0.25) is 18.6 Å². The van der Waals surface area contributed by atoms with Gasteiger partial charge in [0.25, 0.3) is 0 Å². The Bertz CT molecular complexity index is 1230. The third kappa shape index (κ3) is 53.4. The molecular weight excluding hydrogens is 858 g/mol. The van der Waals surface area contributed by atoms with Crippen molar-refractivity contribution in [3.05, 3.63) is 36.5 Å². The Balaban J connectivity index is 4.11. The van der Waals surface area contributed by atoms with Crippen molar-refractivity contribution in [3.8, 4) is 0 Å². The molecule has 0 saturated heterocycles. The van der Waals surface area contributed by atoms with E-state index in [1.165, 1.54) is 167 Å². The summed E-state index contributed by atoms with van der Waals surface area (Å²) in [5.74, 6) is -0.797. The van der Waals surface area contributed by atoms with Crippen molar-refractivity contribution in [2.75, 3.05) is 47.5 Å². The molecule has 0 aromatic carbocycles. The number of rotatable bonds is 52. The van der Waals surface area contributed by atoms with Crippen LogP contribution in [-0.2, 0) is 32.7 Å². The van der Waals surface area contributed by atoms with E-state index >= 15 is 0 Å². The van der Waals surface area contributed by atoms with Crippen LogP contribution in [-0.4, -0.2) is 74.9 Å². The lowest BCUT2D eigenvalue weighted by Gasteiger charge is -2.24. The maximum atomic E-state index is 12.8. The van der Waals surface area contributed by atoms with E-state index in [-0.39, 0.29) is 25.6 Å². The average molecular weight is 967 g/mol. The van der Waals surface area contributed by atoms with Crippen LogP contribution in [0.4, 0.5) is 0 Å². The van der Waals surface area contributed by atoms with Crippen LogP contribution >= 0.6 is 7.82 Å². The average Bonchev–Trinajstić information content (AvgIpc) is 3.29. The van der Waals surface area contributed by atoms with Crippen LogP contribution in [0.3, 0.4) is 0 Å². The Morgan fingerprint density at radius 1 is 0.478 bits per heavy atom.